The normalized spacial score (nSPS) is 14.8. The Balaban J connectivity index is 0.873. The van der Waals surface area contributed by atoms with Crippen LogP contribution in [0.2, 0.25) is 0 Å². The molecule has 0 unspecified atom stereocenters. The summed E-state index contributed by atoms with van der Waals surface area (Å²) in [6, 6.07) is 68.3. The van der Waals surface area contributed by atoms with Crippen LogP contribution in [0.1, 0.15) is 210 Å². The van der Waals surface area contributed by atoms with E-state index in [2.05, 4.69) is 31.9 Å². The van der Waals surface area contributed by atoms with Gasteiger partial charge in [-0.2, -0.15) is 0 Å². The Hall–Kier alpha value is -13.0. The van der Waals surface area contributed by atoms with E-state index in [0.29, 0.717) is 60.9 Å². The highest BCUT2D eigenvalue weighted by molar-refractivity contribution is 5.99. The number of aliphatic hydroxyl groups is 1. The third-order valence-corrected chi connectivity index (χ3v) is 25.6. The van der Waals surface area contributed by atoms with Crippen LogP contribution in [0, 0.1) is 35.5 Å². The number of aromatic nitrogens is 3. The van der Waals surface area contributed by atoms with Crippen molar-refractivity contribution in [2.24, 2.45) is 41.2 Å². The summed E-state index contributed by atoms with van der Waals surface area (Å²) in [7, 11) is 0. The number of carbonyl (C=O) groups is 12. The topological polar surface area (TPSA) is 358 Å². The molecule has 0 spiro atoms. The molecular formula is C111H135N11O14. The predicted molar refractivity (Wildman–Crippen MR) is 527 cm³/mol. The van der Waals surface area contributed by atoms with Gasteiger partial charge in [-0.15, -0.1) is 0 Å². The molecule has 0 radical (unpaired) electrons. The van der Waals surface area contributed by atoms with Crippen LogP contribution in [0.4, 0.5) is 4.79 Å². The maximum atomic E-state index is 16.0. The van der Waals surface area contributed by atoms with Crippen molar-refractivity contribution in [3.63, 3.8) is 0 Å². The minimum atomic E-state index is -1.51. The number of hydrogen-bond acceptors (Lipinski definition) is 17. The number of amides is 6. The molecule has 9 N–H and O–H groups in total. The molecule has 0 bridgehead atoms. The zero-order valence-electron chi connectivity index (χ0n) is 80.3. The Morgan fingerprint density at radius 2 is 0.949 bits per heavy atom. The van der Waals surface area contributed by atoms with E-state index in [0.717, 1.165) is 38.9 Å². The van der Waals surface area contributed by atoms with Crippen molar-refractivity contribution in [1.82, 2.24) is 50.9 Å². The van der Waals surface area contributed by atoms with Gasteiger partial charge >= 0.3 is 6.09 Å². The van der Waals surface area contributed by atoms with Crippen molar-refractivity contribution < 1.29 is 67.4 Å². The minimum absolute atomic E-state index is 0.00742. The summed E-state index contributed by atoms with van der Waals surface area (Å²) >= 11 is 0. The summed E-state index contributed by atoms with van der Waals surface area (Å²) < 4.78 is 9.19. The number of piperidine rings is 1. The van der Waals surface area contributed by atoms with Gasteiger partial charge in [0, 0.05) is 107 Å². The average Bonchev–Trinajstić information content (AvgIpc) is 1.28. The number of para-hydroxylation sites is 1. The number of carbonyl (C=O) groups excluding carboxylic acids is 12. The van der Waals surface area contributed by atoms with E-state index in [1.165, 1.54) is 17.7 Å². The number of imidazole rings is 1. The molecule has 1 fully saturated rings. The second kappa shape index (κ2) is 49.0. The van der Waals surface area contributed by atoms with Gasteiger partial charge in [-0.25, -0.2) is 9.78 Å². The van der Waals surface area contributed by atoms with Crippen molar-refractivity contribution in [3.8, 4) is 0 Å². The number of rotatable bonds is 49. The lowest BCUT2D eigenvalue weighted by atomic mass is 9.76. The molecule has 9 atom stereocenters. The first-order valence-electron chi connectivity index (χ1n) is 47.9. The van der Waals surface area contributed by atoms with Crippen molar-refractivity contribution >= 4 is 81.4 Å². The van der Waals surface area contributed by atoms with Crippen molar-refractivity contribution in [1.29, 1.82) is 0 Å². The van der Waals surface area contributed by atoms with Crippen LogP contribution in [0.15, 0.2) is 255 Å². The van der Waals surface area contributed by atoms with Crippen molar-refractivity contribution in [2.45, 2.75) is 238 Å². The van der Waals surface area contributed by atoms with Gasteiger partial charge in [-0.1, -0.05) is 286 Å². The number of ketones is 5. The molecule has 1 aliphatic heterocycles. The van der Waals surface area contributed by atoms with Crippen LogP contribution in [0.3, 0.4) is 0 Å². The van der Waals surface area contributed by atoms with Crippen LogP contribution in [-0.4, -0.2) is 162 Å². The van der Waals surface area contributed by atoms with Gasteiger partial charge in [0.15, 0.2) is 28.9 Å². The highest BCUT2D eigenvalue weighted by Gasteiger charge is 2.43. The van der Waals surface area contributed by atoms with E-state index in [1.807, 2.05) is 256 Å². The van der Waals surface area contributed by atoms with Crippen LogP contribution in [-0.2, 0) is 87.8 Å². The maximum absolute atomic E-state index is 16.0. The number of Topliss-reactive ketones (excluding diaryl/α,β-unsaturated/α-hetero) is 5. The molecular weight excluding hydrogens is 1710 g/mol. The zero-order valence-corrected chi connectivity index (χ0v) is 80.3. The molecule has 0 aliphatic carbocycles. The fourth-order valence-corrected chi connectivity index (χ4v) is 18.5. The number of aliphatic hydroxyl groups excluding tert-OH is 1. The van der Waals surface area contributed by atoms with Crippen LogP contribution in [0.25, 0.3) is 10.9 Å². The number of benzene rings is 8. The van der Waals surface area contributed by atoms with E-state index in [9.17, 15) is 38.7 Å². The van der Waals surface area contributed by atoms with Crippen molar-refractivity contribution in [3.05, 3.63) is 306 Å². The van der Waals surface area contributed by atoms with E-state index >= 15 is 24.0 Å². The number of nitrogens with zero attached hydrogens (tertiary/aromatic N) is 4. The fraction of sp³-hybridized carbons (Fsp3) is 0.414. The Bertz CT molecular complexity index is 5470. The smallest absolute Gasteiger partial charge is 0.419 e. The lowest BCUT2D eigenvalue weighted by Gasteiger charge is -2.37. The predicted octanol–water partition coefficient (Wildman–Crippen LogP) is 14.8. The lowest BCUT2D eigenvalue weighted by molar-refractivity contribution is -0.135. The van der Waals surface area contributed by atoms with Crippen LogP contribution < -0.4 is 37.6 Å². The second-order valence-electron chi connectivity index (χ2n) is 38.6. The lowest BCUT2D eigenvalue weighted by Crippen LogP contribution is -2.51. The Kier molecular flexibility index (Phi) is 37.3. The van der Waals surface area contributed by atoms with Gasteiger partial charge in [0.05, 0.1) is 66.8 Å². The number of hydrogen-bond donors (Lipinski definition) is 8. The fourth-order valence-electron chi connectivity index (χ4n) is 18.5. The van der Waals surface area contributed by atoms with Crippen molar-refractivity contribution in [2.75, 3.05) is 19.6 Å². The Labute approximate surface area is 799 Å². The molecule has 8 aromatic carbocycles. The van der Waals surface area contributed by atoms with E-state index in [-0.39, 0.29) is 75.2 Å². The molecule has 2 aromatic heterocycles. The number of ether oxygens (including phenoxy) is 1. The van der Waals surface area contributed by atoms with Gasteiger partial charge in [0.1, 0.15) is 16.7 Å². The molecule has 136 heavy (non-hydrogen) atoms. The highest BCUT2D eigenvalue weighted by atomic mass is 16.6. The summed E-state index contributed by atoms with van der Waals surface area (Å²) in [5.41, 5.74) is 9.93. The molecule has 1 aliphatic rings. The Morgan fingerprint density at radius 1 is 0.471 bits per heavy atom. The monoisotopic (exact) mass is 1850 g/mol. The molecule has 718 valence electrons. The molecule has 6 amide bonds. The number of nitrogens with one attached hydrogen (secondary N) is 6. The molecule has 10 aromatic rings. The third-order valence-electron chi connectivity index (χ3n) is 25.6. The standard InChI is InChI=1S/C111H135N11O14/c1-12-95(123)90(61-74(4)5)115-103(131)68-97(125)79(60-73(2)3)66-100(128)93(67-88-70-121(72-113-88)111(84-44-28-17-29-45-84,85-46-30-18-31-47-85)86-48-32-19-33-49-86)114-101(129)55-53-96(124)105(75(6)7)118-106(133)76(8)62-98(126)92(64-80-69-122(108(135)136-109(9,10)11)94-51-35-34-50-89(80)94)117-107(134)78(65-99(127)91(63-77-36-20-13-21-37-77)116-104(132)71-120-58-56-87(112)57-59-120)52-54-102(130)119-110(81-38-22-14-23-39-81,82-40-24-15-25-41-82)83-42-26-16-27-43-83/h13-51,69-70,72-76,78-79,87,90-93,97,105,125H,12,52-68,71,112H2,1-11H3,(H,114,129)(H,115,131)(H,116,132)(H,117,134)(H,118,133)(H,119,130)/t76-,78-,79-,90+,91-,92+,93+,97+,105+/m1/s1. The summed E-state index contributed by atoms with van der Waals surface area (Å²) in [6.07, 6.45) is 1.69. The quantitative estimate of drug-likeness (QED) is 0.0164. The first-order chi connectivity index (χ1) is 65.1. The summed E-state index contributed by atoms with van der Waals surface area (Å²) in [4.78, 5) is 185. The van der Waals surface area contributed by atoms with Gasteiger partial charge in [-0.05, 0) is 134 Å². The first kappa shape index (κ1) is 104. The molecule has 25 nitrogen and oxygen atoms in total. The van der Waals surface area contributed by atoms with Crippen LogP contribution in [0.5, 0.6) is 0 Å². The number of nitrogens with two attached hydrogens (primary N) is 1. The summed E-state index contributed by atoms with van der Waals surface area (Å²) in [6.45, 7) is 20.7. The number of likely N-dealkylation sites (tertiary alicyclic amines) is 1. The van der Waals surface area contributed by atoms with E-state index in [1.54, 1.807) is 72.1 Å². The highest BCUT2D eigenvalue weighted by Crippen LogP contribution is 2.42. The SMILES string of the molecule is CCC(=O)[C@H](CC(C)C)NC(=O)C[C@H](O)[C@@H](CC(=O)[C@H](Cc1cn(C(c2ccccc2)(c2ccccc2)c2ccccc2)cn1)NC(=O)CCC(=O)[C@@H](NC(=O)[C@H](C)CC(=O)[C@H](Cc1cn(C(=O)OC(C)(C)C)c2ccccc12)NC(=O)[C@H](CCC(=O)NC(c1ccccc1)(c1ccccc1)c1ccccc1)CC(=O)[C@@H](Cc1ccccc1)NC(=O)CN1CCC(N)CC1)C(C)C)CC(C)C. The molecule has 0 saturated carbocycles. The molecule has 3 heterocycles. The van der Waals surface area contributed by atoms with Gasteiger partial charge < -0.3 is 52.0 Å². The van der Waals surface area contributed by atoms with Crippen LogP contribution >= 0.6 is 0 Å². The largest absolute Gasteiger partial charge is 0.443 e. The van der Waals surface area contributed by atoms with Gasteiger partial charge in [0.2, 0.25) is 35.4 Å². The Morgan fingerprint density at radius 3 is 1.47 bits per heavy atom. The maximum Gasteiger partial charge on any atom is 0.419 e. The zero-order chi connectivity index (χ0) is 97.8. The molecule has 1 saturated heterocycles. The third kappa shape index (κ3) is 28.1. The minimum Gasteiger partial charge on any atom is -0.443 e. The van der Waals surface area contributed by atoms with Gasteiger partial charge in [0.25, 0.3) is 0 Å². The van der Waals surface area contributed by atoms with E-state index in [4.69, 9.17) is 15.5 Å². The second-order valence-corrected chi connectivity index (χ2v) is 38.6. The summed E-state index contributed by atoms with van der Waals surface area (Å²) in [5, 5.41) is 30.6. The summed E-state index contributed by atoms with van der Waals surface area (Å²) in [5.74, 6) is -9.95. The van der Waals surface area contributed by atoms with E-state index < -0.39 is 173 Å². The number of fused-ring (bicyclic) bond motifs is 1. The average molecular weight is 1850 g/mol. The molecule has 11 rings (SSSR count). The van der Waals surface area contributed by atoms with Gasteiger partial charge in [-0.3, -0.25) is 62.2 Å². The first-order valence-corrected chi connectivity index (χ1v) is 47.9. The molecule has 25 heteroatoms.